The van der Waals surface area contributed by atoms with E-state index in [9.17, 15) is 16.8 Å². The van der Waals surface area contributed by atoms with E-state index in [1.165, 1.54) is 0 Å². The number of hydrogen-bond acceptors (Lipinski definition) is 6. The Labute approximate surface area is 150 Å². The van der Waals surface area contributed by atoms with E-state index in [-0.39, 0.29) is 11.5 Å². The van der Waals surface area contributed by atoms with Gasteiger partial charge in [0.05, 0.1) is 0 Å². The monoisotopic (exact) mass is 516 g/mol. The Morgan fingerprint density at radius 3 is 1.39 bits per heavy atom. The van der Waals surface area contributed by atoms with Crippen molar-refractivity contribution in [1.29, 1.82) is 0 Å². The molecule has 0 aliphatic carbocycles. The van der Waals surface area contributed by atoms with Gasteiger partial charge < -0.3 is 0 Å². The molecule has 0 rings (SSSR count). The van der Waals surface area contributed by atoms with Gasteiger partial charge in [0.2, 0.25) is 0 Å². The second kappa shape index (κ2) is 11.8. The third-order valence-electron chi connectivity index (χ3n) is 3.24. The first kappa shape index (κ1) is 24.3. The van der Waals surface area contributed by atoms with Crippen molar-refractivity contribution in [3.05, 3.63) is 0 Å². The van der Waals surface area contributed by atoms with Gasteiger partial charge in [0.15, 0.2) is 0 Å². The van der Waals surface area contributed by atoms with E-state index in [4.69, 9.17) is 9.11 Å². The van der Waals surface area contributed by atoms with Crippen molar-refractivity contribution in [2.45, 2.75) is 48.4 Å². The summed E-state index contributed by atoms with van der Waals surface area (Å²) in [4.78, 5) is 0. The van der Waals surface area contributed by atoms with Gasteiger partial charge in [0.1, 0.15) is 0 Å². The number of rotatable bonds is 14. The third kappa shape index (κ3) is 14.2. The van der Waals surface area contributed by atoms with E-state index in [2.05, 4.69) is 13.8 Å². The van der Waals surface area contributed by atoms with Crippen molar-refractivity contribution in [1.82, 2.24) is 0 Å². The fourth-order valence-corrected chi connectivity index (χ4v) is 36.8. The Bertz CT molecular complexity index is 472. The van der Waals surface area contributed by atoms with Gasteiger partial charge in [-0.05, 0) is 0 Å². The van der Waals surface area contributed by atoms with Crippen LogP contribution >= 0.6 is 17.9 Å². The quantitative estimate of drug-likeness (QED) is 0.268. The SMILES string of the molecule is CCC[CH2][Sn]([CH2]CCC)([S]CCS(=O)(=O)O)[S]CCS(=O)(=O)O. The normalized spacial score (nSPS) is 13.4. The van der Waals surface area contributed by atoms with E-state index in [1.807, 2.05) is 0 Å². The Balaban J connectivity index is 4.90. The molecule has 0 aliphatic heterocycles. The predicted molar refractivity (Wildman–Crippen MR) is 103 cm³/mol. The van der Waals surface area contributed by atoms with E-state index < -0.39 is 35.8 Å². The molecule has 0 unspecified atom stereocenters. The van der Waals surface area contributed by atoms with Gasteiger partial charge in [-0.15, -0.1) is 0 Å². The first-order valence-corrected chi connectivity index (χ1v) is 23.9. The molecule has 0 atom stereocenters. The molecule has 11 heteroatoms. The summed E-state index contributed by atoms with van der Waals surface area (Å²) in [5, 5.41) is 0. The van der Waals surface area contributed by atoms with Crippen LogP contribution in [-0.2, 0) is 20.2 Å². The second-order valence-electron chi connectivity index (χ2n) is 5.39. The van der Waals surface area contributed by atoms with Crippen LogP contribution < -0.4 is 0 Å². The number of hydrogen-bond donors (Lipinski definition) is 2. The fraction of sp³-hybridized carbons (Fsp3) is 1.00. The zero-order chi connectivity index (χ0) is 18.0. The molecule has 0 aromatic carbocycles. The molecule has 0 spiro atoms. The van der Waals surface area contributed by atoms with Crippen molar-refractivity contribution < 1.29 is 25.9 Å². The van der Waals surface area contributed by atoms with Gasteiger partial charge in [-0.1, -0.05) is 0 Å². The Kier molecular flexibility index (Phi) is 12.5. The second-order valence-corrected chi connectivity index (χ2v) is 35.1. The maximum atomic E-state index is 10.9. The van der Waals surface area contributed by atoms with Crippen LogP contribution in [0.3, 0.4) is 0 Å². The first-order valence-electron chi connectivity index (χ1n) is 7.72. The molecule has 0 heterocycles. The van der Waals surface area contributed by atoms with Crippen molar-refractivity contribution in [2.75, 3.05) is 23.0 Å². The summed E-state index contributed by atoms with van der Waals surface area (Å²) < 4.78 is 63.7. The molecule has 0 aromatic heterocycles. The zero-order valence-corrected chi connectivity index (χ0v) is 19.9. The van der Waals surface area contributed by atoms with Crippen LogP contribution in [0.25, 0.3) is 0 Å². The Hall–Kier alpha value is 1.32. The molecular formula is C12H28O6S4Sn. The standard InChI is InChI=1S/2C4H9.2C2H6O3S2.Sn/c2*1-3-4-2;2*3-7(4,5)2-1-6;/h2*1,3-4H2,2H3;2*6H,1-2H2,(H,3,4,5);/q;;;;+2/p-2. The molecule has 0 aliphatic rings. The summed E-state index contributed by atoms with van der Waals surface area (Å²) >= 11 is -2.81. The molecule has 140 valence electrons. The predicted octanol–water partition coefficient (Wildman–Crippen LogP) is 3.27. The molecule has 0 amide bonds. The molecular weight excluding hydrogens is 487 g/mol. The van der Waals surface area contributed by atoms with Gasteiger partial charge in [0, 0.05) is 0 Å². The first-order chi connectivity index (χ1) is 10.5. The summed E-state index contributed by atoms with van der Waals surface area (Å²) in [5.41, 5.74) is 0. The van der Waals surface area contributed by atoms with E-state index >= 15 is 0 Å². The van der Waals surface area contributed by atoms with Gasteiger partial charge >= 0.3 is 151 Å². The van der Waals surface area contributed by atoms with Crippen LogP contribution in [0.2, 0.25) is 8.87 Å². The summed E-state index contributed by atoms with van der Waals surface area (Å²) in [7, 11) is -4.56. The van der Waals surface area contributed by atoms with Crippen LogP contribution in [-0.4, -0.2) is 64.6 Å². The summed E-state index contributed by atoms with van der Waals surface area (Å²) in [5.74, 6) is 0.212. The summed E-state index contributed by atoms with van der Waals surface area (Å²) in [6.45, 7) is 4.20. The van der Waals surface area contributed by atoms with Crippen molar-refractivity contribution in [2.24, 2.45) is 0 Å². The molecule has 0 bridgehead atoms. The van der Waals surface area contributed by atoms with Crippen LogP contribution in [0.15, 0.2) is 0 Å². The molecule has 0 saturated carbocycles. The molecule has 0 fully saturated rings. The molecule has 2 N–H and O–H groups in total. The van der Waals surface area contributed by atoms with Gasteiger partial charge in [-0.25, -0.2) is 0 Å². The number of unbranched alkanes of at least 4 members (excludes halogenated alkanes) is 2. The molecule has 6 nitrogen and oxygen atoms in total. The van der Waals surface area contributed by atoms with Crippen LogP contribution in [0, 0.1) is 0 Å². The molecule has 23 heavy (non-hydrogen) atoms. The topological polar surface area (TPSA) is 109 Å². The summed E-state index contributed by atoms with van der Waals surface area (Å²) in [6.07, 6.45) is 4.19. The Morgan fingerprint density at radius 2 is 1.13 bits per heavy atom. The molecule has 0 saturated heterocycles. The minimum atomic E-state index is -3.96. The van der Waals surface area contributed by atoms with Crippen molar-refractivity contribution in [3.8, 4) is 0 Å². The maximum absolute atomic E-state index is 10.9. The van der Waals surface area contributed by atoms with Crippen LogP contribution in [0.4, 0.5) is 0 Å². The van der Waals surface area contributed by atoms with E-state index in [1.54, 1.807) is 17.9 Å². The summed E-state index contributed by atoms with van der Waals surface area (Å²) in [6, 6.07) is 0. The van der Waals surface area contributed by atoms with Gasteiger partial charge in [-0.2, -0.15) is 0 Å². The van der Waals surface area contributed by atoms with Gasteiger partial charge in [-0.3, -0.25) is 0 Å². The Morgan fingerprint density at radius 1 is 0.783 bits per heavy atom. The average Bonchev–Trinajstić information content (AvgIpc) is 2.39. The third-order valence-corrected chi connectivity index (χ3v) is 36.2. The minimum absolute atomic E-state index is 0.257. The molecule has 0 aromatic rings. The molecule has 0 radical (unpaired) electrons. The van der Waals surface area contributed by atoms with Crippen LogP contribution in [0.1, 0.15) is 39.5 Å². The average molecular weight is 515 g/mol. The van der Waals surface area contributed by atoms with E-state index in [0.29, 0.717) is 11.5 Å². The van der Waals surface area contributed by atoms with Gasteiger partial charge in [0.25, 0.3) is 0 Å². The van der Waals surface area contributed by atoms with Crippen molar-refractivity contribution >= 4 is 53.7 Å². The zero-order valence-electron chi connectivity index (χ0n) is 13.7. The fourth-order valence-electron chi connectivity index (χ4n) is 2.01. The van der Waals surface area contributed by atoms with E-state index in [0.717, 1.165) is 34.6 Å². The van der Waals surface area contributed by atoms with Crippen LogP contribution in [0.5, 0.6) is 0 Å². The van der Waals surface area contributed by atoms with Crippen molar-refractivity contribution in [3.63, 3.8) is 0 Å².